The number of furan rings is 1. The topological polar surface area (TPSA) is 68.5 Å². The first kappa shape index (κ1) is 16.6. The minimum absolute atomic E-state index is 0.159. The van der Waals surface area contributed by atoms with E-state index in [0.717, 1.165) is 25.7 Å². The molecule has 1 N–H and O–H groups in total. The molecule has 2 rings (SSSR count). The summed E-state index contributed by atoms with van der Waals surface area (Å²) in [7, 11) is 0. The minimum Gasteiger partial charge on any atom is -0.465 e. The molecule has 1 aliphatic carbocycles. The van der Waals surface area contributed by atoms with Crippen molar-refractivity contribution in [2.45, 2.75) is 65.0 Å². The first-order valence-corrected chi connectivity index (χ1v) is 7.93. The van der Waals surface area contributed by atoms with Crippen molar-refractivity contribution in [3.8, 4) is 0 Å². The van der Waals surface area contributed by atoms with Crippen LogP contribution in [0.25, 0.3) is 0 Å². The van der Waals surface area contributed by atoms with Crippen molar-refractivity contribution >= 4 is 11.9 Å². The summed E-state index contributed by atoms with van der Waals surface area (Å²) in [6.45, 7) is 5.27. The van der Waals surface area contributed by atoms with Gasteiger partial charge in [0, 0.05) is 6.04 Å². The van der Waals surface area contributed by atoms with Crippen molar-refractivity contribution in [1.29, 1.82) is 0 Å². The summed E-state index contributed by atoms with van der Waals surface area (Å²) >= 11 is 0. The van der Waals surface area contributed by atoms with E-state index in [-0.39, 0.29) is 11.9 Å². The molecule has 1 amide bonds. The van der Waals surface area contributed by atoms with Gasteiger partial charge in [0.1, 0.15) is 0 Å². The van der Waals surface area contributed by atoms with Gasteiger partial charge in [-0.05, 0) is 45.7 Å². The van der Waals surface area contributed by atoms with Gasteiger partial charge in [0.05, 0.1) is 11.7 Å². The van der Waals surface area contributed by atoms with Crippen LogP contribution < -0.4 is 5.32 Å². The fourth-order valence-electron chi connectivity index (χ4n) is 2.49. The summed E-state index contributed by atoms with van der Waals surface area (Å²) in [5.41, 5.74) is -0.671. The lowest BCUT2D eigenvalue weighted by Crippen LogP contribution is -2.41. The van der Waals surface area contributed by atoms with Gasteiger partial charge in [0.15, 0.2) is 5.76 Å². The largest absolute Gasteiger partial charge is 0.465 e. The minimum atomic E-state index is -1.02. The Morgan fingerprint density at radius 3 is 2.50 bits per heavy atom. The molecule has 5 nitrogen and oxygen atoms in total. The van der Waals surface area contributed by atoms with Crippen molar-refractivity contribution in [3.63, 3.8) is 0 Å². The van der Waals surface area contributed by atoms with E-state index in [9.17, 15) is 9.59 Å². The summed E-state index contributed by atoms with van der Waals surface area (Å²) in [5, 5.41) is 2.99. The number of rotatable bonds is 4. The van der Waals surface area contributed by atoms with Crippen LogP contribution >= 0.6 is 0 Å². The van der Waals surface area contributed by atoms with Crippen molar-refractivity contribution < 1.29 is 18.7 Å². The molecule has 1 saturated carbocycles. The van der Waals surface area contributed by atoms with E-state index < -0.39 is 17.5 Å². The Morgan fingerprint density at radius 2 is 1.95 bits per heavy atom. The number of hydrogen-bond donors (Lipinski definition) is 1. The fraction of sp³-hybridized carbons (Fsp3) is 0.647. The molecule has 1 aromatic rings. The number of ether oxygens (including phenoxy) is 1. The zero-order valence-corrected chi connectivity index (χ0v) is 13.6. The maximum atomic E-state index is 12.5. The summed E-state index contributed by atoms with van der Waals surface area (Å²) in [4.78, 5) is 24.6. The van der Waals surface area contributed by atoms with E-state index >= 15 is 0 Å². The molecule has 1 fully saturated rings. The van der Waals surface area contributed by atoms with Crippen LogP contribution in [0, 0.1) is 5.41 Å². The molecule has 0 aliphatic heterocycles. The van der Waals surface area contributed by atoms with Crippen LogP contribution in [0.5, 0.6) is 0 Å². The SMILES string of the molecule is CC(C)(C)C(=O)OC(C(=O)NC1CCCCC1)c1ccco1. The highest BCUT2D eigenvalue weighted by atomic mass is 16.6. The van der Waals surface area contributed by atoms with Crippen molar-refractivity contribution in [3.05, 3.63) is 24.2 Å². The third kappa shape index (κ3) is 4.36. The lowest BCUT2D eigenvalue weighted by atomic mass is 9.95. The molecule has 0 radical (unpaired) electrons. The highest BCUT2D eigenvalue weighted by molar-refractivity contribution is 5.85. The van der Waals surface area contributed by atoms with Gasteiger partial charge in [-0.15, -0.1) is 0 Å². The average molecular weight is 307 g/mol. The molecule has 0 aromatic carbocycles. The molecular formula is C17H25NO4. The second-order valence-electron chi connectivity index (χ2n) is 6.89. The third-order valence-electron chi connectivity index (χ3n) is 3.83. The van der Waals surface area contributed by atoms with Gasteiger partial charge >= 0.3 is 5.97 Å². The van der Waals surface area contributed by atoms with Crippen LogP contribution in [-0.4, -0.2) is 17.9 Å². The Labute approximate surface area is 131 Å². The molecule has 22 heavy (non-hydrogen) atoms. The van der Waals surface area contributed by atoms with Gasteiger partial charge in [-0.3, -0.25) is 9.59 Å². The average Bonchev–Trinajstić information content (AvgIpc) is 2.98. The highest BCUT2D eigenvalue weighted by Crippen LogP contribution is 2.25. The molecule has 1 atom stereocenters. The van der Waals surface area contributed by atoms with E-state index in [0.29, 0.717) is 5.76 Å². The maximum absolute atomic E-state index is 12.5. The van der Waals surface area contributed by atoms with Gasteiger partial charge in [-0.2, -0.15) is 0 Å². The number of nitrogens with one attached hydrogen (secondary N) is 1. The molecule has 0 bridgehead atoms. The Kier molecular flexibility index (Phi) is 5.27. The number of esters is 1. The summed E-state index contributed by atoms with van der Waals surface area (Å²) in [6.07, 6.45) is 5.86. The molecule has 1 unspecified atom stereocenters. The predicted octanol–water partition coefficient (Wildman–Crippen LogP) is 3.36. The number of carbonyl (C=O) groups excluding carboxylic acids is 2. The zero-order valence-electron chi connectivity index (χ0n) is 13.6. The van der Waals surface area contributed by atoms with Gasteiger partial charge in [-0.1, -0.05) is 19.3 Å². The molecule has 5 heteroatoms. The number of carbonyl (C=O) groups is 2. The summed E-state index contributed by atoms with van der Waals surface area (Å²) in [6, 6.07) is 3.49. The molecule has 0 saturated heterocycles. The quantitative estimate of drug-likeness (QED) is 0.866. The smallest absolute Gasteiger partial charge is 0.312 e. The number of hydrogen-bond acceptors (Lipinski definition) is 4. The normalized spacial score (nSPS) is 17.8. The van der Waals surface area contributed by atoms with Crippen LogP contribution in [0.3, 0.4) is 0 Å². The Morgan fingerprint density at radius 1 is 1.27 bits per heavy atom. The molecule has 1 heterocycles. The predicted molar refractivity (Wildman–Crippen MR) is 82.0 cm³/mol. The summed E-state index contributed by atoms with van der Waals surface area (Å²) in [5.74, 6) is -0.377. The lowest BCUT2D eigenvalue weighted by molar-refractivity contribution is -0.165. The van der Waals surface area contributed by atoms with E-state index in [2.05, 4.69) is 5.32 Å². The van der Waals surface area contributed by atoms with Crippen LogP contribution in [0.4, 0.5) is 0 Å². The zero-order chi connectivity index (χ0) is 16.2. The van der Waals surface area contributed by atoms with E-state index in [1.54, 1.807) is 32.9 Å². The van der Waals surface area contributed by atoms with Gasteiger partial charge < -0.3 is 14.5 Å². The Hall–Kier alpha value is -1.78. The Bertz CT molecular complexity index is 495. The molecule has 122 valence electrons. The number of amides is 1. The van der Waals surface area contributed by atoms with E-state index in [4.69, 9.17) is 9.15 Å². The standard InChI is InChI=1S/C17H25NO4/c1-17(2,3)16(20)22-14(13-10-7-11-21-13)15(19)18-12-8-5-4-6-9-12/h7,10-12,14H,4-6,8-9H2,1-3H3,(H,18,19). The second kappa shape index (κ2) is 6.99. The molecule has 1 aromatic heterocycles. The van der Waals surface area contributed by atoms with E-state index in [1.165, 1.54) is 12.7 Å². The maximum Gasteiger partial charge on any atom is 0.312 e. The first-order valence-electron chi connectivity index (χ1n) is 7.93. The van der Waals surface area contributed by atoms with Crippen LogP contribution in [0.15, 0.2) is 22.8 Å². The van der Waals surface area contributed by atoms with Crippen LogP contribution in [0.1, 0.15) is 64.7 Å². The van der Waals surface area contributed by atoms with Crippen LogP contribution in [0.2, 0.25) is 0 Å². The molecule has 1 aliphatic rings. The van der Waals surface area contributed by atoms with Gasteiger partial charge in [-0.25, -0.2) is 0 Å². The van der Waals surface area contributed by atoms with Crippen LogP contribution in [-0.2, 0) is 14.3 Å². The highest BCUT2D eigenvalue weighted by Gasteiger charge is 2.33. The Balaban J connectivity index is 2.07. The third-order valence-corrected chi connectivity index (χ3v) is 3.83. The monoisotopic (exact) mass is 307 g/mol. The first-order chi connectivity index (χ1) is 10.4. The van der Waals surface area contributed by atoms with Crippen molar-refractivity contribution in [2.24, 2.45) is 5.41 Å². The second-order valence-corrected chi connectivity index (χ2v) is 6.89. The van der Waals surface area contributed by atoms with Crippen molar-refractivity contribution in [2.75, 3.05) is 0 Å². The lowest BCUT2D eigenvalue weighted by Gasteiger charge is -2.26. The van der Waals surface area contributed by atoms with Gasteiger partial charge in [0.25, 0.3) is 5.91 Å². The summed E-state index contributed by atoms with van der Waals surface area (Å²) < 4.78 is 10.7. The molecule has 0 spiro atoms. The fourth-order valence-corrected chi connectivity index (χ4v) is 2.49. The van der Waals surface area contributed by atoms with E-state index in [1.807, 2.05) is 0 Å². The van der Waals surface area contributed by atoms with Crippen molar-refractivity contribution in [1.82, 2.24) is 5.32 Å². The van der Waals surface area contributed by atoms with Gasteiger partial charge in [0.2, 0.25) is 6.10 Å². The molecular weight excluding hydrogens is 282 g/mol.